The van der Waals surface area contributed by atoms with Gasteiger partial charge >= 0.3 is 0 Å². The van der Waals surface area contributed by atoms with E-state index in [0.29, 0.717) is 6.42 Å². The summed E-state index contributed by atoms with van der Waals surface area (Å²) in [7, 11) is -3.64. The minimum Gasteiger partial charge on any atom is -0.317 e. The first-order valence-corrected chi connectivity index (χ1v) is 9.69. The third-order valence-electron chi connectivity index (χ3n) is 3.71. The molecule has 0 saturated heterocycles. The standard InChI is InChI=1S/C19H25NO3S/c1-17-10-12-19(13-11-17)24(21,22)23-16-6-15-20-14-5-9-18-7-3-2-4-8-18/h2-4,7-8,10-13,20H,5-6,9,14-16H2,1H3. The lowest BCUT2D eigenvalue weighted by Gasteiger charge is -2.07. The van der Waals surface area contributed by atoms with Crippen LogP contribution in [0.15, 0.2) is 59.5 Å². The second kappa shape index (κ2) is 9.57. The van der Waals surface area contributed by atoms with Crippen molar-refractivity contribution in [3.63, 3.8) is 0 Å². The molecule has 4 nitrogen and oxygen atoms in total. The Kier molecular flexibility index (Phi) is 7.43. The zero-order valence-corrected chi connectivity index (χ0v) is 14.9. The minimum atomic E-state index is -3.64. The smallest absolute Gasteiger partial charge is 0.296 e. The third kappa shape index (κ3) is 6.43. The van der Waals surface area contributed by atoms with Gasteiger partial charge in [0.2, 0.25) is 0 Å². The highest BCUT2D eigenvalue weighted by Crippen LogP contribution is 2.13. The molecule has 0 aliphatic heterocycles. The summed E-state index contributed by atoms with van der Waals surface area (Å²) in [4.78, 5) is 0.212. The Hall–Kier alpha value is -1.69. The Morgan fingerprint density at radius 1 is 0.917 bits per heavy atom. The molecule has 5 heteroatoms. The second-order valence-electron chi connectivity index (χ2n) is 5.78. The molecule has 0 amide bonds. The SMILES string of the molecule is Cc1ccc(S(=O)(=O)OCCCNCCCc2ccccc2)cc1. The molecule has 2 aromatic carbocycles. The zero-order chi connectivity index (χ0) is 17.3. The lowest BCUT2D eigenvalue weighted by atomic mass is 10.1. The highest BCUT2D eigenvalue weighted by molar-refractivity contribution is 7.86. The summed E-state index contributed by atoms with van der Waals surface area (Å²) < 4.78 is 29.0. The van der Waals surface area contributed by atoms with Gasteiger partial charge in [-0.2, -0.15) is 8.42 Å². The molecule has 0 spiro atoms. The highest BCUT2D eigenvalue weighted by atomic mass is 32.2. The van der Waals surface area contributed by atoms with E-state index in [4.69, 9.17) is 4.18 Å². The van der Waals surface area contributed by atoms with Crippen molar-refractivity contribution < 1.29 is 12.6 Å². The van der Waals surface area contributed by atoms with E-state index in [1.807, 2.05) is 13.0 Å². The van der Waals surface area contributed by atoms with Crippen molar-refractivity contribution >= 4 is 10.1 Å². The van der Waals surface area contributed by atoms with Crippen molar-refractivity contribution in [2.24, 2.45) is 0 Å². The van der Waals surface area contributed by atoms with Gasteiger partial charge in [0, 0.05) is 0 Å². The number of hydrogen-bond donors (Lipinski definition) is 1. The molecule has 1 N–H and O–H groups in total. The zero-order valence-electron chi connectivity index (χ0n) is 14.1. The van der Waals surface area contributed by atoms with Crippen LogP contribution in [0, 0.1) is 6.92 Å². The molecule has 0 atom stereocenters. The summed E-state index contributed by atoms with van der Waals surface area (Å²) in [5, 5.41) is 3.31. The maximum atomic E-state index is 12.0. The molecule has 0 aliphatic carbocycles. The van der Waals surface area contributed by atoms with E-state index in [1.165, 1.54) is 5.56 Å². The Bertz CT molecular complexity index is 697. The molecule has 0 bridgehead atoms. The van der Waals surface area contributed by atoms with Crippen LogP contribution >= 0.6 is 0 Å². The van der Waals surface area contributed by atoms with Crippen molar-refractivity contribution in [1.82, 2.24) is 5.32 Å². The third-order valence-corrected chi connectivity index (χ3v) is 5.03. The number of rotatable bonds is 10. The predicted octanol–water partition coefficient (Wildman–Crippen LogP) is 3.31. The summed E-state index contributed by atoms with van der Waals surface area (Å²) in [6.07, 6.45) is 2.77. The first kappa shape index (κ1) is 18.6. The molecular formula is C19H25NO3S. The number of aryl methyl sites for hydroxylation is 2. The fourth-order valence-corrected chi connectivity index (χ4v) is 3.27. The molecular weight excluding hydrogens is 322 g/mol. The average molecular weight is 347 g/mol. The fraction of sp³-hybridized carbons (Fsp3) is 0.368. The number of hydrogen-bond acceptors (Lipinski definition) is 4. The molecule has 0 fully saturated rings. The first-order valence-electron chi connectivity index (χ1n) is 8.29. The van der Waals surface area contributed by atoms with Gasteiger partial charge in [0.1, 0.15) is 0 Å². The summed E-state index contributed by atoms with van der Waals surface area (Å²) in [6.45, 7) is 3.78. The molecule has 2 rings (SSSR count). The van der Waals surface area contributed by atoms with E-state index < -0.39 is 10.1 Å². The number of nitrogens with one attached hydrogen (secondary N) is 1. The van der Waals surface area contributed by atoms with Crippen molar-refractivity contribution in [2.75, 3.05) is 19.7 Å². The van der Waals surface area contributed by atoms with E-state index in [1.54, 1.807) is 24.3 Å². The highest BCUT2D eigenvalue weighted by Gasteiger charge is 2.14. The molecule has 130 valence electrons. The quantitative estimate of drug-likeness (QED) is 0.529. The maximum Gasteiger partial charge on any atom is 0.296 e. The summed E-state index contributed by atoms with van der Waals surface area (Å²) in [5.74, 6) is 0. The maximum absolute atomic E-state index is 12.0. The Morgan fingerprint density at radius 2 is 1.58 bits per heavy atom. The molecule has 0 heterocycles. The van der Waals surface area contributed by atoms with Crippen LogP contribution in [-0.4, -0.2) is 28.1 Å². The van der Waals surface area contributed by atoms with Gasteiger partial charge in [0.05, 0.1) is 11.5 Å². The van der Waals surface area contributed by atoms with Crippen molar-refractivity contribution in [3.8, 4) is 0 Å². The van der Waals surface area contributed by atoms with Crippen LogP contribution in [0.3, 0.4) is 0 Å². The predicted molar refractivity (Wildman–Crippen MR) is 96.6 cm³/mol. The van der Waals surface area contributed by atoms with Crippen LogP contribution in [-0.2, 0) is 20.7 Å². The minimum absolute atomic E-state index is 0.196. The van der Waals surface area contributed by atoms with E-state index >= 15 is 0 Å². The lowest BCUT2D eigenvalue weighted by Crippen LogP contribution is -2.19. The summed E-state index contributed by atoms with van der Waals surface area (Å²) >= 11 is 0. The van der Waals surface area contributed by atoms with Crippen LogP contribution in [0.2, 0.25) is 0 Å². The molecule has 0 unspecified atom stereocenters. The van der Waals surface area contributed by atoms with Crippen LogP contribution in [0.1, 0.15) is 24.0 Å². The molecule has 0 saturated carbocycles. The topological polar surface area (TPSA) is 55.4 Å². The second-order valence-corrected chi connectivity index (χ2v) is 7.40. The van der Waals surface area contributed by atoms with Crippen LogP contribution < -0.4 is 5.32 Å². The Morgan fingerprint density at radius 3 is 2.29 bits per heavy atom. The Balaban J connectivity index is 1.57. The van der Waals surface area contributed by atoms with Crippen LogP contribution in [0.5, 0.6) is 0 Å². The fourth-order valence-electron chi connectivity index (χ4n) is 2.33. The van der Waals surface area contributed by atoms with Crippen LogP contribution in [0.4, 0.5) is 0 Å². The van der Waals surface area contributed by atoms with Crippen LogP contribution in [0.25, 0.3) is 0 Å². The molecule has 0 aromatic heterocycles. The Labute approximate surface area is 145 Å². The largest absolute Gasteiger partial charge is 0.317 e. The first-order chi connectivity index (χ1) is 11.6. The van der Waals surface area contributed by atoms with E-state index in [2.05, 4.69) is 29.6 Å². The normalized spacial score (nSPS) is 11.5. The number of benzene rings is 2. The molecule has 0 radical (unpaired) electrons. The van der Waals surface area contributed by atoms with Gasteiger partial charge in [0.15, 0.2) is 0 Å². The van der Waals surface area contributed by atoms with Crippen molar-refractivity contribution in [2.45, 2.75) is 31.1 Å². The van der Waals surface area contributed by atoms with Gasteiger partial charge in [-0.25, -0.2) is 0 Å². The summed E-state index contributed by atoms with van der Waals surface area (Å²) in [6, 6.07) is 17.1. The van der Waals surface area contributed by atoms with Crippen molar-refractivity contribution in [1.29, 1.82) is 0 Å². The molecule has 2 aromatic rings. The average Bonchev–Trinajstić information content (AvgIpc) is 2.58. The molecule has 0 aliphatic rings. The van der Waals surface area contributed by atoms with Crippen molar-refractivity contribution in [3.05, 3.63) is 65.7 Å². The van der Waals surface area contributed by atoms with Gasteiger partial charge < -0.3 is 5.32 Å². The van der Waals surface area contributed by atoms with Gasteiger partial charge in [-0.1, -0.05) is 48.0 Å². The van der Waals surface area contributed by atoms with E-state index in [-0.39, 0.29) is 11.5 Å². The summed E-state index contributed by atoms with van der Waals surface area (Å²) in [5.41, 5.74) is 2.36. The van der Waals surface area contributed by atoms with Gasteiger partial charge in [-0.15, -0.1) is 0 Å². The van der Waals surface area contributed by atoms with Gasteiger partial charge in [-0.05, 0) is 57.0 Å². The van der Waals surface area contributed by atoms with E-state index in [0.717, 1.165) is 31.5 Å². The van der Waals surface area contributed by atoms with E-state index in [9.17, 15) is 8.42 Å². The monoisotopic (exact) mass is 347 g/mol. The lowest BCUT2D eigenvalue weighted by molar-refractivity contribution is 0.309. The van der Waals surface area contributed by atoms with Gasteiger partial charge in [0.25, 0.3) is 10.1 Å². The molecule has 24 heavy (non-hydrogen) atoms. The van der Waals surface area contributed by atoms with Gasteiger partial charge in [-0.3, -0.25) is 4.18 Å².